The van der Waals surface area contributed by atoms with Crippen LogP contribution in [0.3, 0.4) is 0 Å². The summed E-state index contributed by atoms with van der Waals surface area (Å²) in [6, 6.07) is 10.8. The summed E-state index contributed by atoms with van der Waals surface area (Å²) in [7, 11) is 2.74. The van der Waals surface area contributed by atoms with Crippen LogP contribution in [0.5, 0.6) is 5.75 Å². The lowest BCUT2D eigenvalue weighted by molar-refractivity contribution is -0.145. The molecule has 160 valence electrons. The van der Waals surface area contributed by atoms with Gasteiger partial charge in [-0.05, 0) is 29.3 Å². The number of benzene rings is 2. The maximum atomic E-state index is 13.2. The summed E-state index contributed by atoms with van der Waals surface area (Å²) < 4.78 is 23.3. The van der Waals surface area contributed by atoms with Crippen molar-refractivity contribution in [3.63, 3.8) is 0 Å². The lowest BCUT2D eigenvalue weighted by Gasteiger charge is -2.22. The van der Waals surface area contributed by atoms with E-state index in [1.807, 2.05) is 0 Å². The van der Waals surface area contributed by atoms with Gasteiger partial charge in [0.2, 0.25) is 11.8 Å². The Morgan fingerprint density at radius 1 is 0.933 bits per heavy atom. The lowest BCUT2D eigenvalue weighted by atomic mass is 10.0. The van der Waals surface area contributed by atoms with Crippen LogP contribution in [0, 0.1) is 5.82 Å². The van der Waals surface area contributed by atoms with Crippen molar-refractivity contribution in [3.05, 3.63) is 65.5 Å². The van der Waals surface area contributed by atoms with E-state index in [4.69, 9.17) is 9.47 Å². The van der Waals surface area contributed by atoms with Crippen LogP contribution >= 0.6 is 0 Å². The van der Waals surface area contributed by atoms with Crippen LogP contribution in [0.15, 0.2) is 48.5 Å². The Balaban J connectivity index is 2.19. The topological polar surface area (TPSA) is 93.7 Å². The number of carbonyl (C=O) groups excluding carboxylic acids is 3. The highest BCUT2D eigenvalue weighted by atomic mass is 19.1. The Hall–Kier alpha value is -3.42. The fourth-order valence-corrected chi connectivity index (χ4v) is 3.01. The number of nitrogens with one attached hydrogen (secondary N) is 2. The number of halogens is 1. The number of hydrogen-bond acceptors (Lipinski definition) is 5. The Kier molecular flexibility index (Phi) is 8.34. The van der Waals surface area contributed by atoms with Crippen LogP contribution in [-0.4, -0.2) is 44.1 Å². The van der Waals surface area contributed by atoms with Crippen LogP contribution in [0.2, 0.25) is 0 Å². The molecule has 0 saturated carbocycles. The Bertz CT molecular complexity index is 885. The summed E-state index contributed by atoms with van der Waals surface area (Å²) >= 11 is 0. The zero-order valence-corrected chi connectivity index (χ0v) is 17.1. The van der Waals surface area contributed by atoms with E-state index in [-0.39, 0.29) is 12.8 Å². The third-order valence-corrected chi connectivity index (χ3v) is 4.47. The molecule has 2 aromatic rings. The minimum atomic E-state index is -0.983. The summed E-state index contributed by atoms with van der Waals surface area (Å²) in [5, 5.41) is 5.22. The molecule has 0 aliphatic rings. The fraction of sp³-hybridized carbons (Fsp3) is 0.318. The van der Waals surface area contributed by atoms with Gasteiger partial charge in [0.1, 0.15) is 23.7 Å². The summed E-state index contributed by atoms with van der Waals surface area (Å²) in [6.07, 6.45) is 0.278. The molecule has 0 fully saturated rings. The highest BCUT2D eigenvalue weighted by Gasteiger charge is 2.28. The molecule has 0 aliphatic heterocycles. The maximum absolute atomic E-state index is 13.2. The first-order valence-corrected chi connectivity index (χ1v) is 9.35. The van der Waals surface area contributed by atoms with Gasteiger partial charge in [0.25, 0.3) is 0 Å². The number of esters is 1. The van der Waals surface area contributed by atoms with Crippen LogP contribution in [-0.2, 0) is 32.0 Å². The molecule has 30 heavy (non-hydrogen) atoms. The van der Waals surface area contributed by atoms with Gasteiger partial charge in [-0.1, -0.05) is 30.3 Å². The molecule has 0 saturated heterocycles. The quantitative estimate of drug-likeness (QED) is 0.608. The SMILES string of the molecule is COC(=O)[C@H](Cc1ccccc1OC)NC(=O)[C@H](Cc1ccc(F)cc1)NC(C)=O. The highest BCUT2D eigenvalue weighted by Crippen LogP contribution is 2.19. The van der Waals surface area contributed by atoms with E-state index in [0.717, 1.165) is 0 Å². The molecule has 7 nitrogen and oxygen atoms in total. The second-order valence-electron chi connectivity index (χ2n) is 6.68. The first-order valence-electron chi connectivity index (χ1n) is 9.35. The van der Waals surface area contributed by atoms with E-state index in [9.17, 15) is 18.8 Å². The van der Waals surface area contributed by atoms with Gasteiger partial charge in [-0.3, -0.25) is 9.59 Å². The molecule has 2 N–H and O–H groups in total. The summed E-state index contributed by atoms with van der Waals surface area (Å²) in [5.74, 6) is -1.42. The lowest BCUT2D eigenvalue weighted by Crippen LogP contribution is -2.53. The summed E-state index contributed by atoms with van der Waals surface area (Å²) in [6.45, 7) is 1.29. The molecule has 8 heteroatoms. The van der Waals surface area contributed by atoms with Gasteiger partial charge in [-0.2, -0.15) is 0 Å². The Labute approximate surface area is 174 Å². The second-order valence-corrected chi connectivity index (χ2v) is 6.68. The zero-order chi connectivity index (χ0) is 22.1. The van der Waals surface area contributed by atoms with Gasteiger partial charge in [-0.15, -0.1) is 0 Å². The standard InChI is InChI=1S/C22H25FN2O5/c1-14(26)24-18(12-15-8-10-17(23)11-9-15)21(27)25-19(22(28)30-3)13-16-6-4-5-7-20(16)29-2/h4-11,18-19H,12-13H2,1-3H3,(H,24,26)(H,25,27)/t18-,19-/m0/s1. The molecule has 2 atom stereocenters. The number of para-hydroxylation sites is 1. The molecule has 0 aliphatic carbocycles. The number of hydrogen-bond donors (Lipinski definition) is 2. The minimum Gasteiger partial charge on any atom is -0.496 e. The number of methoxy groups -OCH3 is 2. The molecule has 0 aromatic heterocycles. The van der Waals surface area contributed by atoms with Crippen molar-refractivity contribution in [3.8, 4) is 5.75 Å². The fourth-order valence-electron chi connectivity index (χ4n) is 3.01. The number of ether oxygens (including phenoxy) is 2. The van der Waals surface area contributed by atoms with Crippen LogP contribution < -0.4 is 15.4 Å². The van der Waals surface area contributed by atoms with Gasteiger partial charge >= 0.3 is 5.97 Å². The number of amides is 2. The van der Waals surface area contributed by atoms with Gasteiger partial charge in [0.15, 0.2) is 0 Å². The summed E-state index contributed by atoms with van der Waals surface area (Å²) in [4.78, 5) is 36.8. The molecular formula is C22H25FN2O5. The second kappa shape index (κ2) is 10.9. The van der Waals surface area contributed by atoms with Gasteiger partial charge in [0.05, 0.1) is 14.2 Å². The van der Waals surface area contributed by atoms with Crippen LogP contribution in [0.4, 0.5) is 4.39 Å². The zero-order valence-electron chi connectivity index (χ0n) is 17.1. The largest absolute Gasteiger partial charge is 0.496 e. The molecule has 0 radical (unpaired) electrons. The van der Waals surface area contributed by atoms with Crippen molar-refractivity contribution in [2.24, 2.45) is 0 Å². The Morgan fingerprint density at radius 3 is 2.20 bits per heavy atom. The molecule has 2 amide bonds. The predicted molar refractivity (Wildman–Crippen MR) is 108 cm³/mol. The van der Waals surface area contributed by atoms with Crippen molar-refractivity contribution in [1.29, 1.82) is 0 Å². The number of carbonyl (C=O) groups is 3. The normalized spacial score (nSPS) is 12.4. The van der Waals surface area contributed by atoms with Gasteiger partial charge < -0.3 is 20.1 Å². The van der Waals surface area contributed by atoms with Crippen molar-refractivity contribution >= 4 is 17.8 Å². The molecule has 0 unspecified atom stereocenters. The molecule has 2 aromatic carbocycles. The third-order valence-electron chi connectivity index (χ3n) is 4.47. The first-order chi connectivity index (χ1) is 14.3. The van der Waals surface area contributed by atoms with E-state index >= 15 is 0 Å². The van der Waals surface area contributed by atoms with Crippen molar-refractivity contribution in [2.75, 3.05) is 14.2 Å². The highest BCUT2D eigenvalue weighted by molar-refractivity contribution is 5.90. The van der Waals surface area contributed by atoms with E-state index < -0.39 is 35.7 Å². The molecule has 0 heterocycles. The Morgan fingerprint density at radius 2 is 1.60 bits per heavy atom. The van der Waals surface area contributed by atoms with Crippen LogP contribution in [0.25, 0.3) is 0 Å². The number of rotatable bonds is 9. The third kappa shape index (κ3) is 6.58. The van der Waals surface area contributed by atoms with Gasteiger partial charge in [0, 0.05) is 19.8 Å². The van der Waals surface area contributed by atoms with E-state index in [0.29, 0.717) is 16.9 Å². The van der Waals surface area contributed by atoms with Crippen molar-refractivity contribution < 1.29 is 28.2 Å². The monoisotopic (exact) mass is 416 g/mol. The van der Waals surface area contributed by atoms with Crippen molar-refractivity contribution in [1.82, 2.24) is 10.6 Å². The molecule has 0 spiro atoms. The minimum absolute atomic E-state index is 0.133. The predicted octanol–water partition coefficient (Wildman–Crippen LogP) is 1.78. The van der Waals surface area contributed by atoms with E-state index in [1.165, 1.54) is 45.4 Å². The van der Waals surface area contributed by atoms with E-state index in [1.54, 1.807) is 24.3 Å². The van der Waals surface area contributed by atoms with E-state index in [2.05, 4.69) is 10.6 Å². The maximum Gasteiger partial charge on any atom is 0.328 e. The molecule has 2 rings (SSSR count). The average Bonchev–Trinajstić information content (AvgIpc) is 2.73. The smallest absolute Gasteiger partial charge is 0.328 e. The molecule has 0 bridgehead atoms. The molecular weight excluding hydrogens is 391 g/mol. The summed E-state index contributed by atoms with van der Waals surface area (Å²) in [5.41, 5.74) is 1.37. The first kappa shape index (κ1) is 22.9. The van der Waals surface area contributed by atoms with Crippen LogP contribution in [0.1, 0.15) is 18.1 Å². The van der Waals surface area contributed by atoms with Gasteiger partial charge in [-0.25, -0.2) is 9.18 Å². The average molecular weight is 416 g/mol. The van der Waals surface area contributed by atoms with Crippen molar-refractivity contribution in [2.45, 2.75) is 31.8 Å².